The summed E-state index contributed by atoms with van der Waals surface area (Å²) in [5.41, 5.74) is 1.77. The Morgan fingerprint density at radius 2 is 2.13 bits per heavy atom. The molecular formula is C17H14N2O3S. The van der Waals surface area contributed by atoms with Crippen molar-refractivity contribution in [2.75, 3.05) is 12.4 Å². The monoisotopic (exact) mass is 326 g/mol. The van der Waals surface area contributed by atoms with Gasteiger partial charge in [0, 0.05) is 17.0 Å². The highest BCUT2D eigenvalue weighted by molar-refractivity contribution is 7.14. The van der Waals surface area contributed by atoms with E-state index in [1.54, 1.807) is 31.6 Å². The number of hydrogen-bond donors (Lipinski definition) is 1. The van der Waals surface area contributed by atoms with E-state index in [0.717, 1.165) is 17.0 Å². The summed E-state index contributed by atoms with van der Waals surface area (Å²) in [4.78, 5) is 16.3. The Balaban J connectivity index is 1.65. The highest BCUT2D eigenvalue weighted by atomic mass is 32.1. The topological polar surface area (TPSA) is 64.4 Å². The molecule has 0 bridgehead atoms. The zero-order chi connectivity index (χ0) is 16.1. The van der Waals surface area contributed by atoms with E-state index >= 15 is 0 Å². The van der Waals surface area contributed by atoms with Crippen molar-refractivity contribution in [1.29, 1.82) is 0 Å². The Labute approximate surface area is 137 Å². The number of anilines is 1. The number of nitrogens with one attached hydrogen (secondary N) is 1. The number of carbonyl (C=O) groups is 1. The summed E-state index contributed by atoms with van der Waals surface area (Å²) in [6.07, 6.45) is 4.57. The molecule has 0 radical (unpaired) electrons. The Morgan fingerprint density at radius 1 is 1.30 bits per heavy atom. The molecule has 0 atom stereocenters. The minimum absolute atomic E-state index is 0.253. The molecule has 0 unspecified atom stereocenters. The molecule has 0 aliphatic carbocycles. The number of nitrogens with zero attached hydrogens (tertiary/aromatic N) is 1. The SMILES string of the molecule is COc1ccc(-c2csc(NC(=O)C=Cc3ccco3)n2)cc1. The van der Waals surface area contributed by atoms with E-state index in [1.807, 2.05) is 29.6 Å². The van der Waals surface area contributed by atoms with Crippen LogP contribution in [0.25, 0.3) is 17.3 Å². The fraction of sp³-hybridized carbons (Fsp3) is 0.0588. The maximum absolute atomic E-state index is 11.8. The maximum Gasteiger partial charge on any atom is 0.250 e. The van der Waals surface area contributed by atoms with Gasteiger partial charge in [-0.05, 0) is 42.5 Å². The molecule has 0 aliphatic rings. The van der Waals surface area contributed by atoms with Crippen molar-refractivity contribution in [1.82, 2.24) is 4.98 Å². The first kappa shape index (κ1) is 15.1. The van der Waals surface area contributed by atoms with Gasteiger partial charge in [0.05, 0.1) is 19.1 Å². The average molecular weight is 326 g/mol. The molecule has 2 heterocycles. The van der Waals surface area contributed by atoms with Gasteiger partial charge in [0.1, 0.15) is 11.5 Å². The van der Waals surface area contributed by atoms with E-state index in [9.17, 15) is 4.79 Å². The second-order valence-corrected chi connectivity index (χ2v) is 5.46. The molecule has 6 heteroatoms. The molecular weight excluding hydrogens is 312 g/mol. The smallest absolute Gasteiger partial charge is 0.250 e. The molecule has 1 aromatic carbocycles. The number of hydrogen-bond acceptors (Lipinski definition) is 5. The van der Waals surface area contributed by atoms with Crippen LogP contribution in [-0.2, 0) is 4.79 Å². The van der Waals surface area contributed by atoms with Crippen molar-refractivity contribution in [3.63, 3.8) is 0 Å². The lowest BCUT2D eigenvalue weighted by molar-refractivity contribution is -0.111. The molecule has 0 spiro atoms. The van der Waals surface area contributed by atoms with Gasteiger partial charge in [-0.3, -0.25) is 10.1 Å². The zero-order valence-electron chi connectivity index (χ0n) is 12.4. The number of carbonyl (C=O) groups excluding carboxylic acids is 1. The summed E-state index contributed by atoms with van der Waals surface area (Å²) in [5, 5.41) is 5.18. The van der Waals surface area contributed by atoms with Crippen LogP contribution in [0.2, 0.25) is 0 Å². The molecule has 3 aromatic rings. The van der Waals surface area contributed by atoms with Crippen LogP contribution in [0.4, 0.5) is 5.13 Å². The lowest BCUT2D eigenvalue weighted by Crippen LogP contribution is -2.07. The first-order chi connectivity index (χ1) is 11.2. The van der Waals surface area contributed by atoms with Crippen LogP contribution in [0.5, 0.6) is 5.75 Å². The van der Waals surface area contributed by atoms with E-state index in [-0.39, 0.29) is 5.91 Å². The summed E-state index contributed by atoms with van der Waals surface area (Å²) in [7, 11) is 1.63. The number of thiazole rings is 1. The zero-order valence-corrected chi connectivity index (χ0v) is 13.2. The van der Waals surface area contributed by atoms with Crippen LogP contribution < -0.4 is 10.1 Å². The van der Waals surface area contributed by atoms with Gasteiger partial charge < -0.3 is 9.15 Å². The Kier molecular flexibility index (Phi) is 4.54. The van der Waals surface area contributed by atoms with Crippen LogP contribution in [0.3, 0.4) is 0 Å². The number of benzene rings is 1. The van der Waals surface area contributed by atoms with E-state index in [0.29, 0.717) is 10.9 Å². The van der Waals surface area contributed by atoms with Gasteiger partial charge in [-0.25, -0.2) is 4.98 Å². The maximum atomic E-state index is 11.8. The minimum atomic E-state index is -0.253. The summed E-state index contributed by atoms with van der Waals surface area (Å²) >= 11 is 1.37. The second-order valence-electron chi connectivity index (χ2n) is 4.60. The molecule has 23 heavy (non-hydrogen) atoms. The van der Waals surface area contributed by atoms with E-state index in [2.05, 4.69) is 10.3 Å². The molecule has 116 valence electrons. The fourth-order valence-corrected chi connectivity index (χ4v) is 2.64. The van der Waals surface area contributed by atoms with Gasteiger partial charge in [-0.1, -0.05) is 0 Å². The number of furan rings is 1. The number of amides is 1. The Bertz CT molecular complexity index is 805. The molecule has 0 saturated carbocycles. The van der Waals surface area contributed by atoms with Crippen LogP contribution >= 0.6 is 11.3 Å². The van der Waals surface area contributed by atoms with E-state index in [1.165, 1.54) is 17.4 Å². The highest BCUT2D eigenvalue weighted by Crippen LogP contribution is 2.26. The van der Waals surface area contributed by atoms with Crippen molar-refractivity contribution < 1.29 is 13.9 Å². The lowest BCUT2D eigenvalue weighted by Gasteiger charge is -2.00. The quantitative estimate of drug-likeness (QED) is 0.718. The van der Waals surface area contributed by atoms with Crippen molar-refractivity contribution in [3.8, 4) is 17.0 Å². The molecule has 0 saturated heterocycles. The van der Waals surface area contributed by atoms with Crippen molar-refractivity contribution in [2.45, 2.75) is 0 Å². The molecule has 5 nitrogen and oxygen atoms in total. The van der Waals surface area contributed by atoms with Crippen LogP contribution in [0.1, 0.15) is 5.76 Å². The van der Waals surface area contributed by atoms with Crippen LogP contribution in [0, 0.1) is 0 Å². The van der Waals surface area contributed by atoms with Crippen LogP contribution in [0.15, 0.2) is 58.5 Å². The predicted molar refractivity (Wildman–Crippen MR) is 90.5 cm³/mol. The fourth-order valence-electron chi connectivity index (χ4n) is 1.92. The third-order valence-corrected chi connectivity index (χ3v) is 3.82. The highest BCUT2D eigenvalue weighted by Gasteiger charge is 2.06. The van der Waals surface area contributed by atoms with Gasteiger partial charge in [0.25, 0.3) is 0 Å². The van der Waals surface area contributed by atoms with Gasteiger partial charge in [0.2, 0.25) is 5.91 Å². The molecule has 0 aliphatic heterocycles. The third-order valence-electron chi connectivity index (χ3n) is 3.06. The number of ether oxygens (including phenoxy) is 1. The Morgan fingerprint density at radius 3 is 2.83 bits per heavy atom. The first-order valence-corrected chi connectivity index (χ1v) is 7.75. The van der Waals surface area contributed by atoms with Crippen molar-refractivity contribution in [2.24, 2.45) is 0 Å². The van der Waals surface area contributed by atoms with Gasteiger partial charge in [-0.2, -0.15) is 0 Å². The second kappa shape index (κ2) is 6.93. The van der Waals surface area contributed by atoms with Gasteiger partial charge in [-0.15, -0.1) is 11.3 Å². The molecule has 3 rings (SSSR count). The first-order valence-electron chi connectivity index (χ1n) is 6.87. The summed E-state index contributed by atoms with van der Waals surface area (Å²) in [6.45, 7) is 0. The van der Waals surface area contributed by atoms with Gasteiger partial charge in [0.15, 0.2) is 5.13 Å². The lowest BCUT2D eigenvalue weighted by atomic mass is 10.2. The van der Waals surface area contributed by atoms with Crippen molar-refractivity contribution in [3.05, 3.63) is 59.9 Å². The van der Waals surface area contributed by atoms with E-state index < -0.39 is 0 Å². The van der Waals surface area contributed by atoms with E-state index in [4.69, 9.17) is 9.15 Å². The normalized spacial score (nSPS) is 10.8. The molecule has 2 aromatic heterocycles. The summed E-state index contributed by atoms with van der Waals surface area (Å²) in [6, 6.07) is 11.1. The number of rotatable bonds is 5. The number of aromatic nitrogens is 1. The summed E-state index contributed by atoms with van der Waals surface area (Å²) < 4.78 is 10.3. The summed E-state index contributed by atoms with van der Waals surface area (Å²) in [5.74, 6) is 1.16. The van der Waals surface area contributed by atoms with Crippen molar-refractivity contribution >= 4 is 28.5 Å². The van der Waals surface area contributed by atoms with Crippen LogP contribution in [-0.4, -0.2) is 18.0 Å². The largest absolute Gasteiger partial charge is 0.497 e. The Hall–Kier alpha value is -2.86. The minimum Gasteiger partial charge on any atom is -0.497 e. The van der Waals surface area contributed by atoms with Gasteiger partial charge >= 0.3 is 0 Å². The third kappa shape index (κ3) is 3.87. The molecule has 1 amide bonds. The standard InChI is InChI=1S/C17H14N2O3S/c1-21-13-6-4-12(5-7-13)15-11-23-17(18-15)19-16(20)9-8-14-3-2-10-22-14/h2-11H,1H3,(H,18,19,20). The molecule has 0 fully saturated rings. The number of methoxy groups -OCH3 is 1. The average Bonchev–Trinajstić information content (AvgIpc) is 3.25. The molecule has 1 N–H and O–H groups in total. The predicted octanol–water partition coefficient (Wildman–Crippen LogP) is 4.06.